The minimum Gasteiger partial charge on any atom is -0.342 e. The first-order valence-electron chi connectivity index (χ1n) is 7.30. The van der Waals surface area contributed by atoms with E-state index in [0.29, 0.717) is 18.7 Å². The summed E-state index contributed by atoms with van der Waals surface area (Å²) in [6.45, 7) is 3.28. The third-order valence-electron chi connectivity index (χ3n) is 3.72. The van der Waals surface area contributed by atoms with Gasteiger partial charge in [0, 0.05) is 25.2 Å². The lowest BCUT2D eigenvalue weighted by Gasteiger charge is -2.14. The molecule has 1 aromatic carbocycles. The van der Waals surface area contributed by atoms with Crippen LogP contribution in [0, 0.1) is 0 Å². The van der Waals surface area contributed by atoms with Gasteiger partial charge in [0.2, 0.25) is 0 Å². The van der Waals surface area contributed by atoms with E-state index in [4.69, 9.17) is 0 Å². The minimum atomic E-state index is -0.0206. The summed E-state index contributed by atoms with van der Waals surface area (Å²) in [7, 11) is 1.78. The number of nitrogens with zero attached hydrogens (tertiary/aromatic N) is 4. The van der Waals surface area contributed by atoms with Crippen molar-refractivity contribution in [3.8, 4) is 0 Å². The van der Waals surface area contributed by atoms with Gasteiger partial charge in [-0.2, -0.15) is 5.10 Å². The van der Waals surface area contributed by atoms with Crippen LogP contribution in [-0.2, 0) is 6.54 Å². The zero-order chi connectivity index (χ0) is 15.5. The lowest BCUT2D eigenvalue weighted by atomic mass is 10.2. The smallest absolute Gasteiger partial charge is 0.255 e. The van der Waals surface area contributed by atoms with Gasteiger partial charge in [-0.3, -0.25) is 4.79 Å². The van der Waals surface area contributed by atoms with Gasteiger partial charge in [0.25, 0.3) is 5.91 Å². The fourth-order valence-corrected chi connectivity index (χ4v) is 2.32. The van der Waals surface area contributed by atoms with Crippen LogP contribution in [0.3, 0.4) is 0 Å². The predicted octanol–water partition coefficient (Wildman–Crippen LogP) is 2.57. The van der Waals surface area contributed by atoms with Crippen molar-refractivity contribution in [3.63, 3.8) is 0 Å². The van der Waals surface area contributed by atoms with Crippen molar-refractivity contribution in [2.75, 3.05) is 13.6 Å². The fourth-order valence-electron chi connectivity index (χ4n) is 2.32. The molecular weight excluding hydrogens is 276 g/mol. The maximum atomic E-state index is 12.2. The third kappa shape index (κ3) is 2.70. The summed E-state index contributed by atoms with van der Waals surface area (Å²) in [6.07, 6.45) is 3.38. The standard InChI is InChI=1S/C17H18N4O/c1-3-20(2)17(22)15-9-14-11-19-21(16(14)18-10-15)12-13-7-5-4-6-8-13/h4-11H,3,12H2,1-2H3. The zero-order valence-electron chi connectivity index (χ0n) is 12.7. The van der Waals surface area contributed by atoms with Gasteiger partial charge in [-0.1, -0.05) is 30.3 Å². The van der Waals surface area contributed by atoms with Crippen molar-refractivity contribution >= 4 is 16.9 Å². The summed E-state index contributed by atoms with van der Waals surface area (Å²) in [5, 5.41) is 5.27. The molecule has 2 heterocycles. The van der Waals surface area contributed by atoms with Crippen molar-refractivity contribution in [3.05, 3.63) is 59.9 Å². The van der Waals surface area contributed by atoms with Gasteiger partial charge in [-0.25, -0.2) is 9.67 Å². The number of carbonyl (C=O) groups is 1. The Bertz CT molecular complexity index is 795. The highest BCUT2D eigenvalue weighted by Gasteiger charge is 2.13. The summed E-state index contributed by atoms with van der Waals surface area (Å²) in [5.74, 6) is -0.0206. The van der Waals surface area contributed by atoms with Crippen LogP contribution in [0.5, 0.6) is 0 Å². The van der Waals surface area contributed by atoms with Crippen LogP contribution in [0.25, 0.3) is 11.0 Å². The number of fused-ring (bicyclic) bond motifs is 1. The minimum absolute atomic E-state index is 0.0206. The van der Waals surface area contributed by atoms with Gasteiger partial charge in [-0.15, -0.1) is 0 Å². The molecule has 3 aromatic rings. The molecule has 0 radical (unpaired) electrons. The van der Waals surface area contributed by atoms with E-state index in [1.54, 1.807) is 24.3 Å². The average Bonchev–Trinajstić information content (AvgIpc) is 2.96. The number of amides is 1. The number of pyridine rings is 1. The van der Waals surface area contributed by atoms with Gasteiger partial charge in [0.15, 0.2) is 5.65 Å². The Balaban J connectivity index is 1.91. The van der Waals surface area contributed by atoms with Crippen LogP contribution in [0.4, 0.5) is 0 Å². The summed E-state index contributed by atoms with van der Waals surface area (Å²) < 4.78 is 1.85. The highest BCUT2D eigenvalue weighted by molar-refractivity contribution is 5.96. The van der Waals surface area contributed by atoms with Crippen molar-refractivity contribution in [1.82, 2.24) is 19.7 Å². The topological polar surface area (TPSA) is 51.0 Å². The second-order valence-corrected chi connectivity index (χ2v) is 5.24. The van der Waals surface area contributed by atoms with Crippen LogP contribution in [-0.4, -0.2) is 39.2 Å². The molecule has 112 valence electrons. The molecule has 0 saturated carbocycles. The first-order chi connectivity index (χ1) is 10.7. The summed E-state index contributed by atoms with van der Waals surface area (Å²) in [5.41, 5.74) is 2.55. The maximum Gasteiger partial charge on any atom is 0.255 e. The molecule has 0 aliphatic rings. The molecule has 0 bridgehead atoms. The highest BCUT2D eigenvalue weighted by Crippen LogP contribution is 2.15. The first-order valence-corrected chi connectivity index (χ1v) is 7.30. The first kappa shape index (κ1) is 14.3. The molecule has 1 amide bonds. The Kier molecular flexibility index (Phi) is 3.87. The summed E-state index contributed by atoms with van der Waals surface area (Å²) in [6, 6.07) is 12.0. The van der Waals surface area contributed by atoms with Crippen molar-refractivity contribution in [2.24, 2.45) is 0 Å². The predicted molar refractivity (Wildman–Crippen MR) is 85.7 cm³/mol. The van der Waals surface area contributed by atoms with Gasteiger partial charge < -0.3 is 4.90 Å². The Labute approximate surface area is 129 Å². The van der Waals surface area contributed by atoms with Gasteiger partial charge >= 0.3 is 0 Å². The van der Waals surface area contributed by atoms with Crippen LogP contribution < -0.4 is 0 Å². The van der Waals surface area contributed by atoms with E-state index < -0.39 is 0 Å². The van der Waals surface area contributed by atoms with Crippen LogP contribution in [0.1, 0.15) is 22.8 Å². The molecule has 0 aliphatic carbocycles. The largest absolute Gasteiger partial charge is 0.342 e. The van der Waals surface area contributed by atoms with Crippen molar-refractivity contribution in [2.45, 2.75) is 13.5 Å². The van der Waals surface area contributed by atoms with Crippen molar-refractivity contribution in [1.29, 1.82) is 0 Å². The molecule has 0 N–H and O–H groups in total. The zero-order valence-corrected chi connectivity index (χ0v) is 12.7. The molecular formula is C17H18N4O. The Morgan fingerprint density at radius 1 is 1.23 bits per heavy atom. The van der Waals surface area contributed by atoms with Crippen LogP contribution >= 0.6 is 0 Å². The van der Waals surface area contributed by atoms with Crippen molar-refractivity contribution < 1.29 is 4.79 Å². The summed E-state index contributed by atoms with van der Waals surface area (Å²) >= 11 is 0. The Morgan fingerprint density at radius 3 is 2.73 bits per heavy atom. The molecule has 2 aromatic heterocycles. The Morgan fingerprint density at radius 2 is 2.00 bits per heavy atom. The number of rotatable bonds is 4. The fraction of sp³-hybridized carbons (Fsp3) is 0.235. The molecule has 0 unspecified atom stereocenters. The maximum absolute atomic E-state index is 12.2. The van der Waals surface area contributed by atoms with E-state index in [1.165, 1.54) is 5.56 Å². The number of carbonyl (C=O) groups excluding carboxylic acids is 1. The second kappa shape index (κ2) is 5.97. The highest BCUT2D eigenvalue weighted by atomic mass is 16.2. The average molecular weight is 294 g/mol. The van der Waals surface area contributed by atoms with Gasteiger partial charge in [0.05, 0.1) is 18.3 Å². The molecule has 5 nitrogen and oxygen atoms in total. The van der Waals surface area contributed by atoms with Crippen LogP contribution in [0.15, 0.2) is 48.8 Å². The molecule has 5 heteroatoms. The molecule has 0 spiro atoms. The molecule has 0 saturated heterocycles. The van der Waals surface area contributed by atoms with Crippen LogP contribution in [0.2, 0.25) is 0 Å². The number of hydrogen-bond acceptors (Lipinski definition) is 3. The number of hydrogen-bond donors (Lipinski definition) is 0. The molecule has 0 fully saturated rings. The van der Waals surface area contributed by atoms with E-state index in [1.807, 2.05) is 35.9 Å². The molecule has 22 heavy (non-hydrogen) atoms. The van der Waals surface area contributed by atoms with Gasteiger partial charge in [-0.05, 0) is 18.6 Å². The van der Waals surface area contributed by atoms with E-state index in [0.717, 1.165) is 11.0 Å². The quantitative estimate of drug-likeness (QED) is 0.743. The van der Waals surface area contributed by atoms with E-state index in [-0.39, 0.29) is 5.91 Å². The number of aromatic nitrogens is 3. The molecule has 0 aliphatic heterocycles. The SMILES string of the molecule is CCN(C)C(=O)c1cnc2c(cnn2Cc2ccccc2)c1. The molecule has 3 rings (SSSR count). The van der Waals surface area contributed by atoms with E-state index in [2.05, 4.69) is 22.2 Å². The second-order valence-electron chi connectivity index (χ2n) is 5.24. The summed E-state index contributed by atoms with van der Waals surface area (Å²) in [4.78, 5) is 18.3. The van der Waals surface area contributed by atoms with E-state index in [9.17, 15) is 4.79 Å². The lowest BCUT2D eigenvalue weighted by Crippen LogP contribution is -2.26. The monoisotopic (exact) mass is 294 g/mol. The number of benzene rings is 1. The van der Waals surface area contributed by atoms with Gasteiger partial charge in [0.1, 0.15) is 0 Å². The lowest BCUT2D eigenvalue weighted by molar-refractivity contribution is 0.0802. The third-order valence-corrected chi connectivity index (χ3v) is 3.72. The molecule has 0 atom stereocenters. The Hall–Kier alpha value is -2.69. The normalized spacial score (nSPS) is 10.8. The van der Waals surface area contributed by atoms with E-state index >= 15 is 0 Å².